The molecule has 4 rings (SSSR count). The van der Waals surface area contributed by atoms with Crippen LogP contribution in [-0.2, 0) is 28.7 Å². The van der Waals surface area contributed by atoms with E-state index in [4.69, 9.17) is 28.4 Å². The lowest BCUT2D eigenvalue weighted by Gasteiger charge is -2.27. The van der Waals surface area contributed by atoms with Crippen LogP contribution in [0.2, 0.25) is 0 Å². The van der Waals surface area contributed by atoms with E-state index in [9.17, 15) is 28.8 Å². The smallest absolute Gasteiger partial charge is 0.302 e. The van der Waals surface area contributed by atoms with Gasteiger partial charge in [0.1, 0.15) is 35.2 Å². The fraction of sp³-hybridized carbons (Fsp3) is 0.353. The molecule has 2 aliphatic carbocycles. The van der Waals surface area contributed by atoms with Crippen LogP contribution in [0, 0.1) is 0 Å². The highest BCUT2D eigenvalue weighted by molar-refractivity contribution is 6.53. The van der Waals surface area contributed by atoms with E-state index in [1.54, 1.807) is 13.8 Å². The van der Waals surface area contributed by atoms with Gasteiger partial charge in [0.15, 0.2) is 0 Å². The molecule has 0 unspecified atom stereocenters. The summed E-state index contributed by atoms with van der Waals surface area (Å²) in [6.45, 7) is 5.66. The molecular weight excluding hydrogens is 600 g/mol. The van der Waals surface area contributed by atoms with Crippen molar-refractivity contribution in [2.24, 2.45) is 0 Å². The van der Waals surface area contributed by atoms with E-state index in [2.05, 4.69) is 0 Å². The molecule has 2 aliphatic rings. The van der Waals surface area contributed by atoms with Crippen LogP contribution >= 0.6 is 0 Å². The van der Waals surface area contributed by atoms with Crippen molar-refractivity contribution < 1.29 is 57.2 Å². The lowest BCUT2D eigenvalue weighted by Crippen LogP contribution is -2.27. The normalized spacial score (nSPS) is 15.1. The number of benzene rings is 2. The minimum absolute atomic E-state index is 0.0512. The molecule has 0 fully saturated rings. The Morgan fingerprint density at radius 3 is 1.13 bits per heavy atom. The van der Waals surface area contributed by atoms with Crippen LogP contribution in [0.4, 0.5) is 0 Å². The SMILES string of the molecule is COc1cc(OC)c(-c2c(OC)cc(OC)c3c2C=C(C[C@@H](C)OC(C)=O)C(=O)C3=O)c2c1C(=O)C(=O)C(C[C@@H](C)OC(C)=O)=C2. The lowest BCUT2D eigenvalue weighted by molar-refractivity contribution is -0.146. The van der Waals surface area contributed by atoms with Crippen molar-refractivity contribution in [1.82, 2.24) is 0 Å². The number of hydrogen-bond donors (Lipinski definition) is 0. The van der Waals surface area contributed by atoms with Gasteiger partial charge in [-0.25, -0.2) is 0 Å². The predicted octanol–water partition coefficient (Wildman–Crippen LogP) is 4.37. The van der Waals surface area contributed by atoms with Crippen LogP contribution in [0.3, 0.4) is 0 Å². The summed E-state index contributed by atoms with van der Waals surface area (Å²) in [5.41, 5.74) is 1.02. The molecule has 0 radical (unpaired) electrons. The molecule has 0 heterocycles. The van der Waals surface area contributed by atoms with Crippen molar-refractivity contribution in [3.05, 3.63) is 45.5 Å². The fourth-order valence-electron chi connectivity index (χ4n) is 5.80. The summed E-state index contributed by atoms with van der Waals surface area (Å²) in [7, 11) is 5.47. The molecule has 0 saturated carbocycles. The first-order valence-corrected chi connectivity index (χ1v) is 14.3. The van der Waals surface area contributed by atoms with Crippen LogP contribution in [0.25, 0.3) is 23.3 Å². The maximum absolute atomic E-state index is 13.7. The van der Waals surface area contributed by atoms with Crippen LogP contribution in [0.15, 0.2) is 23.3 Å². The zero-order valence-corrected chi connectivity index (χ0v) is 26.8. The van der Waals surface area contributed by atoms with E-state index in [0.29, 0.717) is 0 Å². The Morgan fingerprint density at radius 2 is 0.848 bits per heavy atom. The maximum Gasteiger partial charge on any atom is 0.302 e. The molecule has 2 aromatic rings. The summed E-state index contributed by atoms with van der Waals surface area (Å²) in [5, 5.41) is 0. The average Bonchev–Trinajstić information content (AvgIpc) is 2.99. The highest BCUT2D eigenvalue weighted by Gasteiger charge is 2.39. The number of ketones is 4. The van der Waals surface area contributed by atoms with Crippen molar-refractivity contribution in [2.75, 3.05) is 28.4 Å². The fourth-order valence-corrected chi connectivity index (χ4v) is 5.80. The second kappa shape index (κ2) is 13.4. The number of fused-ring (bicyclic) bond motifs is 2. The third kappa shape index (κ3) is 6.15. The van der Waals surface area contributed by atoms with Crippen LogP contribution in [0.5, 0.6) is 23.0 Å². The number of rotatable bonds is 11. The van der Waals surface area contributed by atoms with Crippen molar-refractivity contribution in [3.63, 3.8) is 0 Å². The molecule has 0 amide bonds. The topological polar surface area (TPSA) is 158 Å². The number of carbonyl (C=O) groups excluding carboxylic acids is 6. The Balaban J connectivity index is 2.12. The summed E-state index contributed by atoms with van der Waals surface area (Å²) in [6.07, 6.45) is 1.42. The first-order valence-electron chi connectivity index (χ1n) is 14.3. The Bertz CT molecular complexity index is 1620. The standard InChI is InChI=1S/C34H34O12/c1-15(45-17(3)35)9-19-11-21-27(23(41-5)13-25(43-7)29(21)33(39)31(19)37)28-22-12-20(10-16(2)46-18(4)36)32(38)34(40)30(22)26(44-8)14-24(28)42-6/h11-16H,9-10H2,1-8H3/t15-,16-/m1/s1. The molecule has 0 spiro atoms. The monoisotopic (exact) mass is 634 g/mol. The van der Waals surface area contributed by atoms with Gasteiger partial charge in [0, 0.05) is 72.2 Å². The zero-order valence-electron chi connectivity index (χ0n) is 26.8. The average molecular weight is 635 g/mol. The first-order chi connectivity index (χ1) is 21.8. The number of carbonyl (C=O) groups is 6. The molecular formula is C34H34O12. The van der Waals surface area contributed by atoms with Gasteiger partial charge in [0.2, 0.25) is 23.1 Å². The molecule has 0 bridgehead atoms. The van der Waals surface area contributed by atoms with Gasteiger partial charge >= 0.3 is 11.9 Å². The van der Waals surface area contributed by atoms with Gasteiger partial charge in [0.05, 0.1) is 39.6 Å². The second-order valence-electron chi connectivity index (χ2n) is 10.8. The van der Waals surface area contributed by atoms with Crippen LogP contribution < -0.4 is 18.9 Å². The Kier molecular flexibility index (Phi) is 9.79. The van der Waals surface area contributed by atoms with E-state index in [-0.39, 0.29) is 80.4 Å². The second-order valence-corrected chi connectivity index (χ2v) is 10.8. The number of hydrogen-bond acceptors (Lipinski definition) is 12. The molecule has 242 valence electrons. The molecule has 46 heavy (non-hydrogen) atoms. The highest BCUT2D eigenvalue weighted by Crippen LogP contribution is 2.51. The Hall–Kier alpha value is -5.26. The third-order valence-corrected chi connectivity index (χ3v) is 7.55. The highest BCUT2D eigenvalue weighted by atomic mass is 16.5. The van der Waals surface area contributed by atoms with Crippen LogP contribution in [0.1, 0.15) is 72.4 Å². The molecule has 12 nitrogen and oxygen atoms in total. The number of methoxy groups -OCH3 is 4. The van der Waals surface area contributed by atoms with Crippen molar-refractivity contribution in [3.8, 4) is 34.1 Å². The number of Topliss-reactive ketones (excluding diaryl/α,β-unsaturated/α-hetero) is 4. The summed E-state index contributed by atoms with van der Waals surface area (Å²) < 4.78 is 33.0. The summed E-state index contributed by atoms with van der Waals surface area (Å²) in [4.78, 5) is 77.1. The number of ether oxygens (including phenoxy) is 6. The summed E-state index contributed by atoms with van der Waals surface area (Å²) >= 11 is 0. The van der Waals surface area contributed by atoms with Crippen LogP contribution in [-0.4, -0.2) is 75.7 Å². The molecule has 0 aromatic heterocycles. The van der Waals surface area contributed by atoms with E-state index < -0.39 is 47.3 Å². The number of esters is 2. The largest absolute Gasteiger partial charge is 0.496 e. The van der Waals surface area contributed by atoms with Gasteiger partial charge in [0.25, 0.3) is 0 Å². The molecule has 0 N–H and O–H groups in total. The van der Waals surface area contributed by atoms with Crippen molar-refractivity contribution >= 4 is 47.2 Å². The quantitative estimate of drug-likeness (QED) is 0.254. The Morgan fingerprint density at radius 1 is 0.543 bits per heavy atom. The van der Waals surface area contributed by atoms with Gasteiger partial charge in [-0.05, 0) is 26.0 Å². The molecule has 0 aliphatic heterocycles. The molecule has 0 saturated heterocycles. The molecule has 2 aromatic carbocycles. The summed E-state index contributed by atoms with van der Waals surface area (Å²) in [5.74, 6) is -3.89. The maximum atomic E-state index is 13.7. The lowest BCUT2D eigenvalue weighted by atomic mass is 9.78. The van der Waals surface area contributed by atoms with E-state index in [1.807, 2.05) is 0 Å². The molecule has 2 atom stereocenters. The van der Waals surface area contributed by atoms with Crippen molar-refractivity contribution in [1.29, 1.82) is 0 Å². The first kappa shape index (κ1) is 33.6. The summed E-state index contributed by atoms with van der Waals surface area (Å²) in [6, 6.07) is 2.89. The van der Waals surface area contributed by atoms with Gasteiger partial charge in [-0.15, -0.1) is 0 Å². The van der Waals surface area contributed by atoms with Gasteiger partial charge < -0.3 is 28.4 Å². The van der Waals surface area contributed by atoms with Gasteiger partial charge in [-0.2, -0.15) is 0 Å². The third-order valence-electron chi connectivity index (χ3n) is 7.55. The van der Waals surface area contributed by atoms with E-state index in [1.165, 1.54) is 66.6 Å². The predicted molar refractivity (Wildman–Crippen MR) is 164 cm³/mol. The zero-order chi connectivity index (χ0) is 34.0. The molecule has 12 heteroatoms. The Labute approximate surface area is 265 Å². The van der Waals surface area contributed by atoms with E-state index in [0.717, 1.165) is 0 Å². The van der Waals surface area contributed by atoms with Gasteiger partial charge in [-0.1, -0.05) is 0 Å². The minimum Gasteiger partial charge on any atom is -0.496 e. The van der Waals surface area contributed by atoms with Gasteiger partial charge in [-0.3, -0.25) is 28.8 Å². The minimum atomic E-state index is -0.859. The van der Waals surface area contributed by atoms with Crippen molar-refractivity contribution in [2.45, 2.75) is 52.7 Å². The van der Waals surface area contributed by atoms with E-state index >= 15 is 0 Å².